The molecule has 0 spiro atoms. The lowest BCUT2D eigenvalue weighted by Gasteiger charge is -2.22. The third-order valence-corrected chi connectivity index (χ3v) is 3.78. The smallest absolute Gasteiger partial charge is 0.328 e. The number of fused-ring (bicyclic) bond motifs is 1. The number of amides is 2. The zero-order valence-corrected chi connectivity index (χ0v) is 13.2. The predicted octanol–water partition coefficient (Wildman–Crippen LogP) is 1.25. The van der Waals surface area contributed by atoms with Crippen LogP contribution in [0.1, 0.15) is 18.4 Å². The maximum atomic E-state index is 12.4. The molecule has 124 valence electrons. The summed E-state index contributed by atoms with van der Waals surface area (Å²) < 4.78 is 9.24. The van der Waals surface area contributed by atoms with E-state index in [4.69, 9.17) is 0 Å². The molecule has 0 bridgehead atoms. The number of carbonyl (C=O) groups is 3. The van der Waals surface area contributed by atoms with Gasteiger partial charge in [-0.2, -0.15) is 0 Å². The number of methoxy groups -OCH3 is 2. The molecule has 0 aliphatic carbocycles. The molecule has 7 nitrogen and oxygen atoms in total. The Hall–Kier alpha value is -2.57. The Morgan fingerprint density at radius 2 is 1.96 bits per heavy atom. The average molecular weight is 320 g/mol. The van der Waals surface area contributed by atoms with E-state index in [-0.39, 0.29) is 18.9 Å². The van der Waals surface area contributed by atoms with Crippen LogP contribution in [0.3, 0.4) is 0 Å². The number of hydrogen-bond donors (Lipinski definition) is 1. The molecular weight excluding hydrogens is 300 g/mol. The van der Waals surface area contributed by atoms with Crippen molar-refractivity contribution in [2.24, 2.45) is 0 Å². The van der Waals surface area contributed by atoms with Crippen LogP contribution in [0.15, 0.2) is 24.3 Å². The van der Waals surface area contributed by atoms with Crippen molar-refractivity contribution in [3.63, 3.8) is 0 Å². The van der Waals surface area contributed by atoms with E-state index in [0.717, 1.165) is 17.7 Å². The highest BCUT2D eigenvalue weighted by molar-refractivity contribution is 5.96. The normalized spacial score (nSPS) is 13.9. The largest absolute Gasteiger partial charge is 0.469 e. The fraction of sp³-hybridized carbons (Fsp3) is 0.438. The first-order valence-corrected chi connectivity index (χ1v) is 7.37. The number of ether oxygens (including phenoxy) is 2. The van der Waals surface area contributed by atoms with Gasteiger partial charge in [0, 0.05) is 18.7 Å². The summed E-state index contributed by atoms with van der Waals surface area (Å²) in [5, 5.41) is 2.63. The van der Waals surface area contributed by atoms with E-state index in [1.807, 2.05) is 24.3 Å². The number of nitrogens with one attached hydrogen (secondary N) is 1. The molecular formula is C16H20N2O5. The second-order valence-corrected chi connectivity index (χ2v) is 5.17. The van der Waals surface area contributed by atoms with Crippen LogP contribution in [-0.4, -0.2) is 44.8 Å². The first-order valence-electron chi connectivity index (χ1n) is 7.37. The number of rotatable bonds is 5. The first-order chi connectivity index (χ1) is 11.1. The fourth-order valence-electron chi connectivity index (χ4n) is 2.53. The van der Waals surface area contributed by atoms with Gasteiger partial charge in [0.15, 0.2) is 0 Å². The van der Waals surface area contributed by atoms with Crippen LogP contribution in [0, 0.1) is 0 Å². The van der Waals surface area contributed by atoms with E-state index in [1.54, 1.807) is 4.90 Å². The summed E-state index contributed by atoms with van der Waals surface area (Å²) in [5.41, 5.74) is 1.92. The summed E-state index contributed by atoms with van der Waals surface area (Å²) in [6.07, 6.45) is 0.919. The minimum absolute atomic E-state index is 0.0210. The van der Waals surface area contributed by atoms with Crippen molar-refractivity contribution in [3.05, 3.63) is 29.8 Å². The van der Waals surface area contributed by atoms with E-state index in [2.05, 4.69) is 14.8 Å². The Morgan fingerprint density at radius 3 is 2.65 bits per heavy atom. The topological polar surface area (TPSA) is 84.9 Å². The van der Waals surface area contributed by atoms with Gasteiger partial charge in [-0.1, -0.05) is 18.2 Å². The van der Waals surface area contributed by atoms with Crippen LogP contribution < -0.4 is 10.2 Å². The summed E-state index contributed by atoms with van der Waals surface area (Å²) in [6.45, 7) is 0.552. The molecule has 1 aliphatic heterocycles. The molecule has 1 heterocycles. The lowest BCUT2D eigenvalue weighted by Crippen LogP contribution is -2.48. The average Bonchev–Trinajstić information content (AvgIpc) is 3.01. The monoisotopic (exact) mass is 320 g/mol. The summed E-state index contributed by atoms with van der Waals surface area (Å²) in [6, 6.07) is 6.35. The molecule has 7 heteroatoms. The molecule has 1 unspecified atom stereocenters. The number of hydrogen-bond acceptors (Lipinski definition) is 5. The van der Waals surface area contributed by atoms with Gasteiger partial charge < -0.3 is 14.8 Å². The molecule has 1 aromatic carbocycles. The molecule has 1 atom stereocenters. The van der Waals surface area contributed by atoms with E-state index in [0.29, 0.717) is 6.54 Å². The fourth-order valence-corrected chi connectivity index (χ4v) is 2.53. The van der Waals surface area contributed by atoms with E-state index in [9.17, 15) is 14.4 Å². The Bertz CT molecular complexity index is 602. The zero-order chi connectivity index (χ0) is 16.8. The highest BCUT2D eigenvalue weighted by Gasteiger charge is 2.29. The minimum Gasteiger partial charge on any atom is -0.469 e. The number of para-hydroxylation sites is 1. The van der Waals surface area contributed by atoms with Gasteiger partial charge in [-0.05, 0) is 24.5 Å². The van der Waals surface area contributed by atoms with Gasteiger partial charge in [-0.25, -0.2) is 9.59 Å². The van der Waals surface area contributed by atoms with E-state index in [1.165, 1.54) is 14.2 Å². The van der Waals surface area contributed by atoms with Crippen LogP contribution in [-0.2, 0) is 25.5 Å². The van der Waals surface area contributed by atoms with Crippen molar-refractivity contribution in [2.75, 3.05) is 25.7 Å². The number of anilines is 1. The molecule has 1 N–H and O–H groups in total. The lowest BCUT2D eigenvalue weighted by molar-refractivity contribution is -0.144. The molecule has 0 aromatic heterocycles. The summed E-state index contributed by atoms with van der Waals surface area (Å²) >= 11 is 0. The Kier molecular flexibility index (Phi) is 5.56. The predicted molar refractivity (Wildman–Crippen MR) is 83.1 cm³/mol. The van der Waals surface area contributed by atoms with Crippen molar-refractivity contribution < 1.29 is 23.9 Å². The van der Waals surface area contributed by atoms with Crippen LogP contribution >= 0.6 is 0 Å². The summed E-state index contributed by atoms with van der Waals surface area (Å²) in [5.74, 6) is -1.03. The molecule has 1 aromatic rings. The van der Waals surface area contributed by atoms with Crippen molar-refractivity contribution in [3.8, 4) is 0 Å². The molecule has 0 radical (unpaired) electrons. The second kappa shape index (κ2) is 7.62. The molecule has 2 amide bonds. The third-order valence-electron chi connectivity index (χ3n) is 3.78. The van der Waals surface area contributed by atoms with Crippen LogP contribution in [0.5, 0.6) is 0 Å². The standard InChI is InChI=1S/C16H20N2O5/c1-22-14(19)8-7-12(15(20)23-2)17-16(21)18-10-9-11-5-3-4-6-13(11)18/h3-6,12H,7-10H2,1-2H3,(H,17,21). The van der Waals surface area contributed by atoms with Gasteiger partial charge in [-0.15, -0.1) is 0 Å². The Balaban J connectivity index is 2.03. The zero-order valence-electron chi connectivity index (χ0n) is 13.2. The summed E-state index contributed by atoms with van der Waals surface area (Å²) in [7, 11) is 2.51. The Labute approximate surface area is 134 Å². The highest BCUT2D eigenvalue weighted by atomic mass is 16.5. The van der Waals surface area contributed by atoms with E-state index < -0.39 is 18.0 Å². The van der Waals surface area contributed by atoms with Crippen molar-refractivity contribution in [2.45, 2.75) is 25.3 Å². The van der Waals surface area contributed by atoms with Gasteiger partial charge >= 0.3 is 18.0 Å². The van der Waals surface area contributed by atoms with Gasteiger partial charge in [0.05, 0.1) is 14.2 Å². The number of nitrogens with zero attached hydrogens (tertiary/aromatic N) is 1. The number of carbonyl (C=O) groups excluding carboxylic acids is 3. The van der Waals surface area contributed by atoms with Crippen molar-refractivity contribution in [1.29, 1.82) is 0 Å². The SMILES string of the molecule is COC(=O)CCC(NC(=O)N1CCc2ccccc21)C(=O)OC. The Morgan fingerprint density at radius 1 is 1.22 bits per heavy atom. The molecule has 2 rings (SSSR count). The van der Waals surface area contributed by atoms with Crippen molar-refractivity contribution >= 4 is 23.7 Å². The molecule has 1 aliphatic rings. The maximum absolute atomic E-state index is 12.4. The van der Waals surface area contributed by atoms with Gasteiger partial charge in [0.25, 0.3) is 0 Å². The van der Waals surface area contributed by atoms with Crippen LogP contribution in [0.2, 0.25) is 0 Å². The highest BCUT2D eigenvalue weighted by Crippen LogP contribution is 2.27. The first kappa shape index (κ1) is 16.8. The maximum Gasteiger partial charge on any atom is 0.328 e. The molecule has 0 fully saturated rings. The third kappa shape index (κ3) is 4.00. The van der Waals surface area contributed by atoms with Gasteiger partial charge in [-0.3, -0.25) is 9.69 Å². The van der Waals surface area contributed by atoms with E-state index >= 15 is 0 Å². The summed E-state index contributed by atoms with van der Waals surface area (Å²) in [4.78, 5) is 37.1. The van der Waals surface area contributed by atoms with Gasteiger partial charge in [0.2, 0.25) is 0 Å². The quantitative estimate of drug-likeness (QED) is 0.826. The number of benzene rings is 1. The van der Waals surface area contributed by atoms with Gasteiger partial charge in [0.1, 0.15) is 6.04 Å². The minimum atomic E-state index is -0.889. The molecule has 0 saturated heterocycles. The second-order valence-electron chi connectivity index (χ2n) is 5.17. The number of esters is 2. The van der Waals surface area contributed by atoms with Crippen LogP contribution in [0.25, 0.3) is 0 Å². The van der Waals surface area contributed by atoms with Crippen molar-refractivity contribution in [1.82, 2.24) is 5.32 Å². The lowest BCUT2D eigenvalue weighted by atomic mass is 10.1. The molecule has 0 saturated carbocycles. The van der Waals surface area contributed by atoms with Crippen LogP contribution in [0.4, 0.5) is 10.5 Å². The molecule has 23 heavy (non-hydrogen) atoms. The number of urea groups is 1.